The highest BCUT2D eigenvalue weighted by Gasteiger charge is 2.29. The van der Waals surface area contributed by atoms with Crippen LogP contribution in [-0.2, 0) is 4.79 Å². The van der Waals surface area contributed by atoms with Crippen LogP contribution in [0.2, 0.25) is 0 Å². The zero-order valence-corrected chi connectivity index (χ0v) is 12.8. The normalized spacial score (nSPS) is 17.1. The third kappa shape index (κ3) is 3.09. The summed E-state index contributed by atoms with van der Waals surface area (Å²) in [5.41, 5.74) is 0.657. The molecule has 118 valence electrons. The highest BCUT2D eigenvalue weighted by Crippen LogP contribution is 2.35. The van der Waals surface area contributed by atoms with Crippen molar-refractivity contribution >= 4 is 34.2 Å². The minimum atomic E-state index is -0.752. The molecule has 8 nitrogen and oxygen atoms in total. The molecule has 23 heavy (non-hydrogen) atoms. The van der Waals surface area contributed by atoms with Crippen molar-refractivity contribution in [3.05, 3.63) is 49.9 Å². The summed E-state index contributed by atoms with van der Waals surface area (Å²) in [6.07, 6.45) is 0.206. The summed E-state index contributed by atoms with van der Waals surface area (Å²) in [7, 11) is 0. The molecule has 1 unspecified atom stereocenters. The Morgan fingerprint density at radius 2 is 2.30 bits per heavy atom. The van der Waals surface area contributed by atoms with Crippen LogP contribution < -0.4 is 10.3 Å². The van der Waals surface area contributed by atoms with Crippen LogP contribution in [0.3, 0.4) is 0 Å². The molecule has 3 rings (SSSR count). The van der Waals surface area contributed by atoms with E-state index in [2.05, 4.69) is 9.97 Å². The summed E-state index contributed by atoms with van der Waals surface area (Å²) < 4.78 is 4.94. The molecule has 1 N–H and O–H groups in total. The molecule has 1 aromatic heterocycles. The summed E-state index contributed by atoms with van der Waals surface area (Å²) in [5, 5.41) is 12.0. The number of carbonyl (C=O) groups excluding carboxylic acids is 1. The molecule has 1 aliphatic rings. The number of nitro groups is 1. The van der Waals surface area contributed by atoms with Gasteiger partial charge in [0.15, 0.2) is 0 Å². The number of hydrogen-bond donors (Lipinski definition) is 1. The Morgan fingerprint density at radius 3 is 2.96 bits per heavy atom. The minimum Gasteiger partial charge on any atom is -0.427 e. The van der Waals surface area contributed by atoms with Gasteiger partial charge in [-0.15, -0.1) is 0 Å². The number of ether oxygens (including phenoxy) is 1. The zero-order valence-electron chi connectivity index (χ0n) is 11.9. The highest BCUT2D eigenvalue weighted by atomic mass is 32.2. The molecule has 0 amide bonds. The molecule has 0 bridgehead atoms. The van der Waals surface area contributed by atoms with Crippen LogP contribution in [0, 0.1) is 10.1 Å². The van der Waals surface area contributed by atoms with Gasteiger partial charge in [0.25, 0.3) is 10.9 Å². The van der Waals surface area contributed by atoms with E-state index in [9.17, 15) is 19.7 Å². The van der Waals surface area contributed by atoms with Gasteiger partial charge in [0.05, 0.1) is 17.3 Å². The highest BCUT2D eigenvalue weighted by molar-refractivity contribution is 8.03. The Bertz CT molecular complexity index is 905. The lowest BCUT2D eigenvalue weighted by molar-refractivity contribution is -0.493. The van der Waals surface area contributed by atoms with Gasteiger partial charge in [-0.05, 0) is 23.6 Å². The lowest BCUT2D eigenvalue weighted by Crippen LogP contribution is -2.14. The van der Waals surface area contributed by atoms with Crippen molar-refractivity contribution in [3.8, 4) is 5.75 Å². The van der Waals surface area contributed by atoms with Crippen LogP contribution >= 0.6 is 11.8 Å². The molecule has 0 aliphatic carbocycles. The third-order valence-electron chi connectivity index (χ3n) is 3.24. The molecule has 1 aromatic carbocycles. The second-order valence-corrected chi connectivity index (χ2v) is 5.96. The van der Waals surface area contributed by atoms with Crippen LogP contribution in [0.1, 0.15) is 19.2 Å². The zero-order chi connectivity index (χ0) is 16.6. The van der Waals surface area contributed by atoms with Crippen molar-refractivity contribution in [2.75, 3.05) is 0 Å². The topological polar surface area (TPSA) is 115 Å². The smallest absolute Gasteiger partial charge is 0.308 e. The number of aromatic nitrogens is 2. The van der Waals surface area contributed by atoms with Crippen LogP contribution in [0.4, 0.5) is 0 Å². The number of nitrogens with one attached hydrogen (secondary N) is 1. The van der Waals surface area contributed by atoms with Crippen molar-refractivity contribution in [2.45, 2.75) is 18.7 Å². The summed E-state index contributed by atoms with van der Waals surface area (Å²) in [6, 6.07) is 4.54. The summed E-state index contributed by atoms with van der Waals surface area (Å²) in [5.74, 6) is 0.0954. The first-order valence-corrected chi connectivity index (χ1v) is 7.59. The van der Waals surface area contributed by atoms with Gasteiger partial charge in [-0.1, -0.05) is 11.8 Å². The Kier molecular flexibility index (Phi) is 3.87. The number of thioether (sulfide) groups is 1. The Morgan fingerprint density at radius 1 is 1.52 bits per heavy atom. The van der Waals surface area contributed by atoms with Crippen LogP contribution in [0.15, 0.2) is 28.4 Å². The molecule has 1 atom stereocenters. The second-order valence-electron chi connectivity index (χ2n) is 4.91. The van der Waals surface area contributed by atoms with E-state index < -0.39 is 16.9 Å². The van der Waals surface area contributed by atoms with Gasteiger partial charge in [0, 0.05) is 17.4 Å². The van der Waals surface area contributed by atoms with Crippen LogP contribution in [-0.4, -0.2) is 26.2 Å². The first kappa shape index (κ1) is 15.2. The largest absolute Gasteiger partial charge is 0.427 e. The van der Waals surface area contributed by atoms with E-state index in [4.69, 9.17) is 4.74 Å². The van der Waals surface area contributed by atoms with E-state index in [-0.39, 0.29) is 22.5 Å². The Hall–Kier alpha value is -2.68. The van der Waals surface area contributed by atoms with Gasteiger partial charge < -0.3 is 9.72 Å². The minimum absolute atomic E-state index is 0.206. The molecule has 2 aromatic rings. The quantitative estimate of drug-likeness (QED) is 0.395. The third-order valence-corrected chi connectivity index (χ3v) is 4.31. The molecule has 0 radical (unpaired) electrons. The first-order chi connectivity index (χ1) is 10.9. The molecule has 9 heteroatoms. The van der Waals surface area contributed by atoms with Crippen LogP contribution in [0.25, 0.3) is 16.5 Å². The van der Waals surface area contributed by atoms with Crippen molar-refractivity contribution in [1.82, 2.24) is 9.97 Å². The molecular formula is C14H11N3O5S. The SMILES string of the molecule is CC(=O)Oc1ccc2nc(C3=CSC([N+](=O)[O-])C3)[nH]c(=O)c2c1. The maximum absolute atomic E-state index is 12.2. The van der Waals surface area contributed by atoms with Crippen LogP contribution in [0.5, 0.6) is 5.75 Å². The Labute approximate surface area is 133 Å². The predicted molar refractivity (Wildman–Crippen MR) is 84.6 cm³/mol. The number of benzene rings is 1. The molecule has 2 heterocycles. The lowest BCUT2D eigenvalue weighted by atomic mass is 10.2. The fourth-order valence-corrected chi connectivity index (χ4v) is 3.13. The standard InChI is InChI=1S/C14H11N3O5S/c1-7(18)22-9-2-3-11-10(5-9)14(19)16-13(15-11)8-4-12(17(20)21)23-6-8/h2-3,5-6,12H,4H2,1H3,(H,15,16,19). The van der Waals surface area contributed by atoms with E-state index in [1.807, 2.05) is 0 Å². The van der Waals surface area contributed by atoms with E-state index in [1.165, 1.54) is 19.1 Å². The number of fused-ring (bicyclic) bond motifs is 1. The van der Waals surface area contributed by atoms with Gasteiger partial charge >= 0.3 is 5.97 Å². The number of hydrogen-bond acceptors (Lipinski definition) is 7. The maximum atomic E-state index is 12.2. The van der Waals surface area contributed by atoms with Crippen molar-refractivity contribution in [1.29, 1.82) is 0 Å². The van der Waals surface area contributed by atoms with Gasteiger partial charge in [-0.3, -0.25) is 19.7 Å². The second kappa shape index (κ2) is 5.84. The molecule has 0 fully saturated rings. The Balaban J connectivity index is 1.98. The maximum Gasteiger partial charge on any atom is 0.308 e. The summed E-state index contributed by atoms with van der Waals surface area (Å²) >= 11 is 1.09. The lowest BCUT2D eigenvalue weighted by Gasteiger charge is -2.06. The fourth-order valence-electron chi connectivity index (χ4n) is 2.22. The van der Waals surface area contributed by atoms with E-state index in [1.54, 1.807) is 11.5 Å². The summed E-state index contributed by atoms with van der Waals surface area (Å²) in [6.45, 7) is 1.27. The van der Waals surface area contributed by atoms with Gasteiger partial charge in [0.1, 0.15) is 11.6 Å². The number of esters is 1. The summed E-state index contributed by atoms with van der Waals surface area (Å²) in [4.78, 5) is 40.6. The number of rotatable bonds is 3. The fraction of sp³-hybridized carbons (Fsp3) is 0.214. The van der Waals surface area contributed by atoms with Crippen molar-refractivity contribution in [2.24, 2.45) is 0 Å². The van der Waals surface area contributed by atoms with Gasteiger partial charge in [-0.2, -0.15) is 0 Å². The molecule has 0 saturated heterocycles. The monoisotopic (exact) mass is 333 g/mol. The van der Waals surface area contributed by atoms with Gasteiger partial charge in [0.2, 0.25) is 0 Å². The van der Waals surface area contributed by atoms with E-state index in [0.717, 1.165) is 11.8 Å². The number of aromatic amines is 1. The predicted octanol–water partition coefficient (Wildman–Crippen LogP) is 1.93. The number of H-pyrrole nitrogens is 1. The van der Waals surface area contributed by atoms with E-state index >= 15 is 0 Å². The molecule has 1 aliphatic heterocycles. The molecule has 0 spiro atoms. The average molecular weight is 333 g/mol. The van der Waals surface area contributed by atoms with Gasteiger partial charge in [-0.25, -0.2) is 4.98 Å². The average Bonchev–Trinajstić information content (AvgIpc) is 2.97. The molecular weight excluding hydrogens is 322 g/mol. The molecule has 0 saturated carbocycles. The number of nitrogens with zero attached hydrogens (tertiary/aromatic N) is 2. The van der Waals surface area contributed by atoms with Crippen molar-refractivity contribution < 1.29 is 14.5 Å². The first-order valence-electron chi connectivity index (χ1n) is 6.65. The number of carbonyl (C=O) groups is 1. The van der Waals surface area contributed by atoms with E-state index in [0.29, 0.717) is 16.9 Å². The van der Waals surface area contributed by atoms with Crippen molar-refractivity contribution in [3.63, 3.8) is 0 Å².